The van der Waals surface area contributed by atoms with Crippen LogP contribution in [-0.2, 0) is 0 Å². The summed E-state index contributed by atoms with van der Waals surface area (Å²) in [6.45, 7) is 3.95. The number of hydrogen-bond donors (Lipinski definition) is 1. The Morgan fingerprint density at radius 3 is 2.43 bits per heavy atom. The summed E-state index contributed by atoms with van der Waals surface area (Å²) in [5.74, 6) is 1.12. The van der Waals surface area contributed by atoms with Crippen LogP contribution in [0.3, 0.4) is 0 Å². The highest BCUT2D eigenvalue weighted by Gasteiger charge is 2.13. The quantitative estimate of drug-likeness (QED) is 0.779. The van der Waals surface area contributed by atoms with Gasteiger partial charge in [0.2, 0.25) is 0 Å². The van der Waals surface area contributed by atoms with Gasteiger partial charge in [0.15, 0.2) is 5.82 Å². The van der Waals surface area contributed by atoms with Crippen molar-refractivity contribution in [3.05, 3.63) is 59.9 Å². The highest BCUT2D eigenvalue weighted by Crippen LogP contribution is 2.28. The molecule has 3 rings (SSSR count). The van der Waals surface area contributed by atoms with Crippen LogP contribution < -0.4 is 5.73 Å². The molecule has 0 saturated heterocycles. The lowest BCUT2D eigenvalue weighted by atomic mass is 10.1. The van der Waals surface area contributed by atoms with Gasteiger partial charge in [0, 0.05) is 29.1 Å². The van der Waals surface area contributed by atoms with Crippen LogP contribution in [0.1, 0.15) is 11.1 Å². The van der Waals surface area contributed by atoms with Gasteiger partial charge in [0.25, 0.3) is 0 Å². The lowest BCUT2D eigenvalue weighted by Gasteiger charge is -2.11. The van der Waals surface area contributed by atoms with Crippen molar-refractivity contribution in [3.63, 3.8) is 0 Å². The molecule has 21 heavy (non-hydrogen) atoms. The number of nitrogen functional groups attached to an aromatic ring is 1. The van der Waals surface area contributed by atoms with Crippen LogP contribution >= 0.6 is 0 Å². The third-order valence-electron chi connectivity index (χ3n) is 3.51. The van der Waals surface area contributed by atoms with Crippen molar-refractivity contribution in [2.75, 3.05) is 5.73 Å². The number of anilines is 1. The molecule has 0 atom stereocenters. The minimum absolute atomic E-state index is 0.502. The number of aryl methyl sites for hydroxylation is 1. The molecule has 3 aromatic rings. The largest absolute Gasteiger partial charge is 0.383 e. The third kappa shape index (κ3) is 2.48. The van der Waals surface area contributed by atoms with Crippen LogP contribution in [0.25, 0.3) is 22.6 Å². The van der Waals surface area contributed by atoms with E-state index in [1.165, 1.54) is 0 Å². The van der Waals surface area contributed by atoms with E-state index in [-0.39, 0.29) is 0 Å². The molecule has 2 N–H and O–H groups in total. The lowest BCUT2D eigenvalue weighted by Crippen LogP contribution is -2.03. The molecule has 0 aliphatic rings. The van der Waals surface area contributed by atoms with E-state index < -0.39 is 0 Å². The SMILES string of the molecule is Cc1ccncc1-c1nc(N)c(C)c(-c2ccccc2)n1. The summed E-state index contributed by atoms with van der Waals surface area (Å²) in [6.07, 6.45) is 3.53. The standard InChI is InChI=1S/C17H16N4/c1-11-8-9-19-10-14(11)17-20-15(12(2)16(18)21-17)13-6-4-3-5-7-13/h3-10H,1-2H3,(H2,18,20,21). The predicted octanol–water partition coefficient (Wildman–Crippen LogP) is 3.40. The first-order chi connectivity index (χ1) is 10.2. The Morgan fingerprint density at radius 1 is 0.952 bits per heavy atom. The molecule has 0 saturated carbocycles. The Labute approximate surface area is 123 Å². The zero-order valence-corrected chi connectivity index (χ0v) is 12.0. The lowest BCUT2D eigenvalue weighted by molar-refractivity contribution is 1.13. The number of pyridine rings is 1. The summed E-state index contributed by atoms with van der Waals surface area (Å²) in [6, 6.07) is 11.9. The topological polar surface area (TPSA) is 64.7 Å². The minimum atomic E-state index is 0.502. The molecule has 0 aliphatic carbocycles. The van der Waals surface area contributed by atoms with Crippen molar-refractivity contribution in [1.29, 1.82) is 0 Å². The maximum absolute atomic E-state index is 6.07. The fourth-order valence-electron chi connectivity index (χ4n) is 2.23. The van der Waals surface area contributed by atoms with Crippen molar-refractivity contribution in [3.8, 4) is 22.6 Å². The first-order valence-electron chi connectivity index (χ1n) is 6.77. The molecule has 0 amide bonds. The van der Waals surface area contributed by atoms with Crippen LogP contribution in [0.2, 0.25) is 0 Å². The van der Waals surface area contributed by atoms with E-state index in [0.717, 1.165) is 27.9 Å². The molecule has 2 aromatic heterocycles. The van der Waals surface area contributed by atoms with Gasteiger partial charge in [-0.15, -0.1) is 0 Å². The fourth-order valence-corrected chi connectivity index (χ4v) is 2.23. The molecule has 1 aromatic carbocycles. The zero-order valence-electron chi connectivity index (χ0n) is 12.0. The molecule has 0 radical (unpaired) electrons. The van der Waals surface area contributed by atoms with Crippen molar-refractivity contribution in [2.24, 2.45) is 0 Å². The normalized spacial score (nSPS) is 10.6. The molecule has 0 bridgehead atoms. The summed E-state index contributed by atoms with van der Waals surface area (Å²) in [7, 11) is 0. The molecule has 2 heterocycles. The van der Waals surface area contributed by atoms with Crippen LogP contribution in [0.4, 0.5) is 5.82 Å². The van der Waals surface area contributed by atoms with Gasteiger partial charge in [-0.2, -0.15) is 0 Å². The fraction of sp³-hybridized carbons (Fsp3) is 0.118. The van der Waals surface area contributed by atoms with E-state index in [1.807, 2.05) is 50.2 Å². The summed E-state index contributed by atoms with van der Waals surface area (Å²) in [4.78, 5) is 13.3. The average molecular weight is 276 g/mol. The molecule has 4 heteroatoms. The molecule has 4 nitrogen and oxygen atoms in total. The van der Waals surface area contributed by atoms with E-state index in [0.29, 0.717) is 11.6 Å². The summed E-state index contributed by atoms with van der Waals surface area (Å²) >= 11 is 0. The van der Waals surface area contributed by atoms with Crippen molar-refractivity contribution in [2.45, 2.75) is 13.8 Å². The highest BCUT2D eigenvalue weighted by molar-refractivity contribution is 5.71. The Morgan fingerprint density at radius 2 is 1.71 bits per heavy atom. The minimum Gasteiger partial charge on any atom is -0.383 e. The summed E-state index contributed by atoms with van der Waals surface area (Å²) < 4.78 is 0. The van der Waals surface area contributed by atoms with Gasteiger partial charge in [-0.25, -0.2) is 9.97 Å². The van der Waals surface area contributed by atoms with Gasteiger partial charge in [0.05, 0.1) is 5.69 Å². The zero-order chi connectivity index (χ0) is 14.8. The van der Waals surface area contributed by atoms with Gasteiger partial charge in [0.1, 0.15) is 5.82 Å². The van der Waals surface area contributed by atoms with E-state index >= 15 is 0 Å². The Hall–Kier alpha value is -2.75. The number of benzene rings is 1. The van der Waals surface area contributed by atoms with Crippen LogP contribution in [0.15, 0.2) is 48.8 Å². The van der Waals surface area contributed by atoms with E-state index in [1.54, 1.807) is 12.4 Å². The third-order valence-corrected chi connectivity index (χ3v) is 3.51. The van der Waals surface area contributed by atoms with Crippen LogP contribution in [0, 0.1) is 13.8 Å². The molecule has 0 spiro atoms. The number of hydrogen-bond acceptors (Lipinski definition) is 4. The highest BCUT2D eigenvalue weighted by atomic mass is 15.0. The van der Waals surface area contributed by atoms with Gasteiger partial charge in [-0.1, -0.05) is 30.3 Å². The monoisotopic (exact) mass is 276 g/mol. The van der Waals surface area contributed by atoms with Crippen molar-refractivity contribution < 1.29 is 0 Å². The van der Waals surface area contributed by atoms with Crippen LogP contribution in [0.5, 0.6) is 0 Å². The second-order valence-corrected chi connectivity index (χ2v) is 4.96. The summed E-state index contributed by atoms with van der Waals surface area (Å²) in [5, 5.41) is 0. The number of nitrogens with two attached hydrogens (primary N) is 1. The Balaban J connectivity index is 2.22. The van der Waals surface area contributed by atoms with E-state index in [2.05, 4.69) is 9.97 Å². The maximum atomic E-state index is 6.07. The van der Waals surface area contributed by atoms with Crippen molar-refractivity contribution in [1.82, 2.24) is 15.0 Å². The average Bonchev–Trinajstić information content (AvgIpc) is 2.51. The predicted molar refractivity (Wildman–Crippen MR) is 84.6 cm³/mol. The van der Waals surface area contributed by atoms with E-state index in [9.17, 15) is 0 Å². The van der Waals surface area contributed by atoms with Crippen molar-refractivity contribution >= 4 is 5.82 Å². The second-order valence-electron chi connectivity index (χ2n) is 4.96. The smallest absolute Gasteiger partial charge is 0.163 e. The molecule has 0 aliphatic heterocycles. The molecule has 104 valence electrons. The maximum Gasteiger partial charge on any atom is 0.163 e. The number of rotatable bonds is 2. The Kier molecular flexibility index (Phi) is 3.36. The molecular weight excluding hydrogens is 260 g/mol. The van der Waals surface area contributed by atoms with Crippen LogP contribution in [-0.4, -0.2) is 15.0 Å². The van der Waals surface area contributed by atoms with Gasteiger partial charge < -0.3 is 5.73 Å². The molecule has 0 unspecified atom stereocenters. The first-order valence-corrected chi connectivity index (χ1v) is 6.77. The Bertz CT molecular complexity index is 782. The molecular formula is C17H16N4. The molecule has 0 fully saturated rings. The van der Waals surface area contributed by atoms with E-state index in [4.69, 9.17) is 10.7 Å². The second kappa shape index (κ2) is 5.32. The van der Waals surface area contributed by atoms with Gasteiger partial charge in [-0.3, -0.25) is 4.98 Å². The summed E-state index contributed by atoms with van der Waals surface area (Å²) in [5.41, 5.74) is 10.8. The van der Waals surface area contributed by atoms with Gasteiger partial charge in [-0.05, 0) is 25.5 Å². The first kappa shape index (κ1) is 13.2. The number of aromatic nitrogens is 3. The van der Waals surface area contributed by atoms with Gasteiger partial charge >= 0.3 is 0 Å². The number of nitrogens with zero attached hydrogens (tertiary/aromatic N) is 3.